The van der Waals surface area contributed by atoms with Crippen LogP contribution < -0.4 is 10.4 Å². The molecule has 2 aliphatic heterocycles. The van der Waals surface area contributed by atoms with E-state index in [-0.39, 0.29) is 47.3 Å². The zero-order valence-corrected chi connectivity index (χ0v) is 27.4. The van der Waals surface area contributed by atoms with Crippen LogP contribution in [0.3, 0.4) is 0 Å². The van der Waals surface area contributed by atoms with Crippen molar-refractivity contribution in [2.24, 2.45) is 11.8 Å². The number of carbonyl (C=O) groups excluding carboxylic acids is 1. The summed E-state index contributed by atoms with van der Waals surface area (Å²) in [5.41, 5.74) is 1.16. The summed E-state index contributed by atoms with van der Waals surface area (Å²) in [5, 5.41) is 2.50. The first-order valence-electron chi connectivity index (χ1n) is 15.6. The Morgan fingerprint density at radius 1 is 0.881 bits per heavy atom. The van der Waals surface area contributed by atoms with E-state index in [2.05, 4.69) is 126 Å². The molecular weight excluding hydrogens is 536 g/mol. The Bertz CT molecular complexity index is 1270. The molecule has 6 heteroatoms. The zero-order chi connectivity index (χ0) is 30.1. The van der Waals surface area contributed by atoms with Crippen LogP contribution in [-0.2, 0) is 9.16 Å². The van der Waals surface area contributed by atoms with Crippen molar-refractivity contribution in [3.63, 3.8) is 0 Å². The van der Waals surface area contributed by atoms with Gasteiger partial charge < -0.3 is 14.1 Å². The van der Waals surface area contributed by atoms with Crippen molar-refractivity contribution in [2.75, 3.05) is 13.7 Å². The minimum Gasteiger partial charge on any atom is -0.407 e. The van der Waals surface area contributed by atoms with Gasteiger partial charge in [0.25, 0.3) is 8.32 Å². The maximum absolute atomic E-state index is 13.7. The quantitative estimate of drug-likeness (QED) is 0.272. The van der Waals surface area contributed by atoms with Crippen molar-refractivity contribution >= 4 is 24.7 Å². The van der Waals surface area contributed by atoms with Crippen LogP contribution in [0.15, 0.2) is 91.0 Å². The molecule has 0 spiro atoms. The van der Waals surface area contributed by atoms with E-state index in [1.165, 1.54) is 10.4 Å². The second-order valence-corrected chi connectivity index (χ2v) is 17.8. The molecule has 6 atom stereocenters. The number of hydrogen-bond donors (Lipinski definition) is 0. The van der Waals surface area contributed by atoms with Crippen molar-refractivity contribution in [3.05, 3.63) is 96.6 Å². The first kappa shape index (κ1) is 30.5. The van der Waals surface area contributed by atoms with Crippen LogP contribution >= 0.6 is 0 Å². The first-order valence-corrected chi connectivity index (χ1v) is 17.5. The van der Waals surface area contributed by atoms with E-state index in [9.17, 15) is 4.79 Å². The molecule has 224 valence electrons. The van der Waals surface area contributed by atoms with E-state index >= 15 is 0 Å². The average Bonchev–Trinajstić information content (AvgIpc) is 3.22. The average molecular weight is 585 g/mol. The standard InChI is InChI=1S/C36H48N2O3Si/c1-26-23-24-32(41-34(26)38-33(28(3)37(7)35(38)39)29-17-11-8-12-18-29)27(2)25-40-42(36(4,5)6,30-19-13-9-14-20-30)31-21-15-10-16-22-31/h8-22,26-28,32-34H,23-25H2,1-7H3/t26-,27+,28+,32-,33+,34+/m0/s1. The first-order chi connectivity index (χ1) is 20.1. The van der Waals surface area contributed by atoms with Crippen LogP contribution in [0.5, 0.6) is 0 Å². The molecule has 2 heterocycles. The Hall–Kier alpha value is -2.93. The van der Waals surface area contributed by atoms with Gasteiger partial charge in [0.05, 0.1) is 18.2 Å². The number of rotatable bonds is 8. The minimum absolute atomic E-state index is 0.00912. The number of nitrogens with zero attached hydrogens (tertiary/aromatic N) is 2. The van der Waals surface area contributed by atoms with Crippen LogP contribution in [0, 0.1) is 11.8 Å². The smallest absolute Gasteiger partial charge is 0.322 e. The molecule has 2 saturated heterocycles. The third-order valence-corrected chi connectivity index (χ3v) is 14.6. The molecule has 0 aliphatic carbocycles. The predicted octanol–water partition coefficient (Wildman–Crippen LogP) is 6.84. The highest BCUT2D eigenvalue weighted by molar-refractivity contribution is 6.99. The van der Waals surface area contributed by atoms with Gasteiger partial charge in [-0.2, -0.15) is 0 Å². The van der Waals surface area contributed by atoms with Gasteiger partial charge in [0.1, 0.15) is 6.23 Å². The van der Waals surface area contributed by atoms with E-state index in [4.69, 9.17) is 9.16 Å². The lowest BCUT2D eigenvalue weighted by atomic mass is 9.90. The predicted molar refractivity (Wildman–Crippen MR) is 173 cm³/mol. The third kappa shape index (κ3) is 5.57. The van der Waals surface area contributed by atoms with Gasteiger partial charge >= 0.3 is 6.03 Å². The zero-order valence-electron chi connectivity index (χ0n) is 26.4. The fourth-order valence-corrected chi connectivity index (χ4v) is 11.8. The molecule has 2 amide bonds. The molecular formula is C36H48N2O3Si. The largest absolute Gasteiger partial charge is 0.407 e. The van der Waals surface area contributed by atoms with Crippen molar-refractivity contribution in [2.45, 2.75) is 83.8 Å². The van der Waals surface area contributed by atoms with E-state index in [0.29, 0.717) is 6.61 Å². The highest BCUT2D eigenvalue weighted by Crippen LogP contribution is 2.42. The molecule has 0 radical (unpaired) electrons. The van der Waals surface area contributed by atoms with Gasteiger partial charge in [0, 0.05) is 25.5 Å². The van der Waals surface area contributed by atoms with Crippen LogP contribution in [0.2, 0.25) is 5.04 Å². The van der Waals surface area contributed by atoms with Gasteiger partial charge in [-0.1, -0.05) is 126 Å². The molecule has 5 rings (SSSR count). The molecule has 5 nitrogen and oxygen atoms in total. The number of urea groups is 1. The maximum atomic E-state index is 13.7. The molecule has 42 heavy (non-hydrogen) atoms. The highest BCUT2D eigenvalue weighted by Gasteiger charge is 2.52. The van der Waals surface area contributed by atoms with Crippen LogP contribution in [0.4, 0.5) is 4.79 Å². The summed E-state index contributed by atoms with van der Waals surface area (Å²) in [6.45, 7) is 14.2. The molecule has 2 fully saturated rings. The van der Waals surface area contributed by atoms with Gasteiger partial charge in [0.15, 0.2) is 0 Å². The summed E-state index contributed by atoms with van der Waals surface area (Å²) in [4.78, 5) is 17.5. The topological polar surface area (TPSA) is 42.0 Å². The number of benzene rings is 3. The number of likely N-dealkylation sites (N-methyl/N-ethyl adjacent to an activating group) is 1. The second-order valence-electron chi connectivity index (χ2n) is 13.5. The fourth-order valence-electron chi connectivity index (χ4n) is 7.11. The summed E-state index contributed by atoms with van der Waals surface area (Å²) in [5.74, 6) is 0.421. The molecule has 3 aromatic carbocycles. The Kier molecular flexibility index (Phi) is 8.98. The van der Waals surface area contributed by atoms with Gasteiger partial charge in [-0.3, -0.25) is 4.90 Å². The Labute approximate surface area is 254 Å². The molecule has 0 aromatic heterocycles. The minimum atomic E-state index is -2.64. The van der Waals surface area contributed by atoms with Crippen molar-refractivity contribution in [3.8, 4) is 0 Å². The number of amides is 2. The Balaban J connectivity index is 1.41. The van der Waals surface area contributed by atoms with Crippen molar-refractivity contribution < 1.29 is 14.0 Å². The van der Waals surface area contributed by atoms with E-state index in [0.717, 1.165) is 18.4 Å². The molecule has 3 aromatic rings. The third-order valence-electron chi connectivity index (χ3n) is 9.63. The van der Waals surface area contributed by atoms with Crippen LogP contribution in [-0.4, -0.2) is 56.2 Å². The number of hydrogen-bond acceptors (Lipinski definition) is 3. The van der Waals surface area contributed by atoms with E-state index in [1.54, 1.807) is 0 Å². The molecule has 0 N–H and O–H groups in total. The van der Waals surface area contributed by atoms with Crippen molar-refractivity contribution in [1.29, 1.82) is 0 Å². The number of ether oxygens (including phenoxy) is 1. The van der Waals surface area contributed by atoms with Gasteiger partial charge in [-0.05, 0) is 40.7 Å². The number of carbonyl (C=O) groups is 1. The van der Waals surface area contributed by atoms with Crippen molar-refractivity contribution in [1.82, 2.24) is 9.80 Å². The summed E-state index contributed by atoms with van der Waals surface area (Å²) in [6, 6.07) is 32.1. The SMILES string of the molecule is C[C@H](CO[Si](c1ccccc1)(c1ccccc1)C(C)(C)C)[C@@H]1CC[C@H](C)[C@H](N2C(=O)N(C)[C@H](C)[C@@H]2c2ccccc2)O1. The molecule has 2 aliphatic rings. The van der Waals surface area contributed by atoms with E-state index in [1.807, 2.05) is 22.9 Å². The summed E-state index contributed by atoms with van der Waals surface area (Å²) < 4.78 is 14.2. The summed E-state index contributed by atoms with van der Waals surface area (Å²) >= 11 is 0. The van der Waals surface area contributed by atoms with Gasteiger partial charge in [-0.15, -0.1) is 0 Å². The van der Waals surface area contributed by atoms with Gasteiger partial charge in [-0.25, -0.2) is 4.79 Å². The Morgan fingerprint density at radius 2 is 1.40 bits per heavy atom. The summed E-state index contributed by atoms with van der Waals surface area (Å²) in [7, 11) is -0.732. The maximum Gasteiger partial charge on any atom is 0.322 e. The normalized spacial score (nSPS) is 26.0. The van der Waals surface area contributed by atoms with Gasteiger partial charge in [0.2, 0.25) is 0 Å². The molecule has 0 unspecified atom stereocenters. The van der Waals surface area contributed by atoms with E-state index < -0.39 is 8.32 Å². The highest BCUT2D eigenvalue weighted by atomic mass is 28.4. The lowest BCUT2D eigenvalue weighted by Crippen LogP contribution is -2.67. The summed E-state index contributed by atoms with van der Waals surface area (Å²) in [6.07, 6.45) is 1.72. The molecule has 0 saturated carbocycles. The van der Waals surface area contributed by atoms with Crippen LogP contribution in [0.1, 0.15) is 66.0 Å². The lowest BCUT2D eigenvalue weighted by molar-refractivity contribution is -0.163. The Morgan fingerprint density at radius 3 is 1.93 bits per heavy atom. The van der Waals surface area contributed by atoms with Crippen LogP contribution in [0.25, 0.3) is 0 Å². The second kappa shape index (κ2) is 12.4. The fraction of sp³-hybridized carbons (Fsp3) is 0.472. The lowest BCUT2D eigenvalue weighted by Gasteiger charge is -2.46. The molecule has 0 bridgehead atoms. The monoisotopic (exact) mass is 584 g/mol.